The number of carbonyl (C=O) groups is 2. The molecule has 1 N–H and O–H groups in total. The number of para-hydroxylation sites is 1. The summed E-state index contributed by atoms with van der Waals surface area (Å²) in [6.45, 7) is 2.61. The highest BCUT2D eigenvalue weighted by Crippen LogP contribution is 2.35. The summed E-state index contributed by atoms with van der Waals surface area (Å²) in [5.41, 5.74) is 2.58. The van der Waals surface area contributed by atoms with Crippen LogP contribution < -0.4 is 5.32 Å². The van der Waals surface area contributed by atoms with Gasteiger partial charge in [0.15, 0.2) is 0 Å². The van der Waals surface area contributed by atoms with E-state index in [4.69, 9.17) is 4.98 Å². The molecule has 2 aliphatic rings. The maximum absolute atomic E-state index is 13.7. The fourth-order valence-corrected chi connectivity index (χ4v) is 6.01. The molecule has 1 aromatic carbocycles. The lowest BCUT2D eigenvalue weighted by Crippen LogP contribution is -2.37. The predicted molar refractivity (Wildman–Crippen MR) is 128 cm³/mol. The van der Waals surface area contributed by atoms with Crippen LogP contribution in [0.25, 0.3) is 10.9 Å². The first kappa shape index (κ1) is 21.1. The smallest absolute Gasteiger partial charge is 0.273 e. The molecule has 2 amide bonds. The highest BCUT2D eigenvalue weighted by atomic mass is 32.1. The molecule has 0 radical (unpaired) electrons. The van der Waals surface area contributed by atoms with Gasteiger partial charge < -0.3 is 10.2 Å². The molecule has 32 heavy (non-hydrogen) atoms. The Balaban J connectivity index is 1.54. The van der Waals surface area contributed by atoms with Gasteiger partial charge in [0.05, 0.1) is 17.1 Å². The van der Waals surface area contributed by atoms with Gasteiger partial charge in [-0.3, -0.25) is 9.59 Å². The van der Waals surface area contributed by atoms with Crippen molar-refractivity contribution in [2.45, 2.75) is 70.5 Å². The monoisotopic (exact) mass is 447 g/mol. The molecule has 3 aromatic rings. The van der Waals surface area contributed by atoms with Gasteiger partial charge in [-0.1, -0.05) is 56.9 Å². The van der Waals surface area contributed by atoms with Crippen LogP contribution in [-0.2, 0) is 6.54 Å². The van der Waals surface area contributed by atoms with Gasteiger partial charge in [-0.25, -0.2) is 4.98 Å². The molecule has 1 aliphatic carbocycles. The Labute approximate surface area is 192 Å². The molecule has 0 spiro atoms. The minimum Gasteiger partial charge on any atom is -0.344 e. The van der Waals surface area contributed by atoms with Crippen LogP contribution in [0.4, 0.5) is 0 Å². The summed E-state index contributed by atoms with van der Waals surface area (Å²) in [5.74, 6) is -0.125. The van der Waals surface area contributed by atoms with Gasteiger partial charge >= 0.3 is 0 Å². The Hall–Kier alpha value is -2.73. The molecule has 1 atom stereocenters. The number of fused-ring (bicyclic) bond motifs is 2. The Morgan fingerprint density at radius 3 is 2.75 bits per heavy atom. The topological polar surface area (TPSA) is 62.3 Å². The van der Waals surface area contributed by atoms with Crippen molar-refractivity contribution < 1.29 is 9.59 Å². The molecular formula is C26H29N3O2S. The number of nitrogens with zero attached hydrogens (tertiary/aromatic N) is 2. The van der Waals surface area contributed by atoms with Crippen LogP contribution in [-0.4, -0.2) is 27.7 Å². The first-order chi connectivity index (χ1) is 15.7. The number of carbonyl (C=O) groups excluding carboxylic acids is 2. The zero-order valence-corrected chi connectivity index (χ0v) is 19.3. The third kappa shape index (κ3) is 3.81. The maximum atomic E-state index is 13.7. The number of hydrogen-bond acceptors (Lipinski definition) is 4. The minimum atomic E-state index is -0.106. The SMILES string of the molecule is CCC[C@H](NC(=O)c1c2c(nc3ccccc13)C(=O)N(C1CCCCC1)C2)c1cccs1. The first-order valence-corrected chi connectivity index (χ1v) is 12.6. The van der Waals surface area contributed by atoms with Crippen LogP contribution in [0, 0.1) is 0 Å². The lowest BCUT2D eigenvalue weighted by atomic mass is 9.94. The quantitative estimate of drug-likeness (QED) is 0.515. The van der Waals surface area contributed by atoms with E-state index in [0.717, 1.165) is 54.4 Å². The number of hydrogen-bond donors (Lipinski definition) is 1. The van der Waals surface area contributed by atoms with Crippen molar-refractivity contribution in [3.63, 3.8) is 0 Å². The second kappa shape index (κ2) is 9.02. The second-order valence-electron chi connectivity index (χ2n) is 8.89. The van der Waals surface area contributed by atoms with E-state index in [2.05, 4.69) is 18.3 Å². The van der Waals surface area contributed by atoms with Crippen LogP contribution in [0.5, 0.6) is 0 Å². The van der Waals surface area contributed by atoms with Gasteiger partial charge in [0, 0.05) is 28.4 Å². The number of rotatable bonds is 6. The van der Waals surface area contributed by atoms with Crippen molar-refractivity contribution in [2.75, 3.05) is 0 Å². The first-order valence-electron chi connectivity index (χ1n) is 11.7. The minimum absolute atomic E-state index is 0.0185. The van der Waals surface area contributed by atoms with Crippen molar-refractivity contribution in [2.24, 2.45) is 0 Å². The Bertz CT molecular complexity index is 1140. The molecule has 166 valence electrons. The van der Waals surface area contributed by atoms with Crippen LogP contribution in [0.2, 0.25) is 0 Å². The van der Waals surface area contributed by atoms with Crippen LogP contribution >= 0.6 is 11.3 Å². The Morgan fingerprint density at radius 2 is 2.00 bits per heavy atom. The van der Waals surface area contributed by atoms with E-state index in [1.165, 1.54) is 6.42 Å². The van der Waals surface area contributed by atoms with Gasteiger partial charge in [0.1, 0.15) is 5.69 Å². The molecule has 6 heteroatoms. The summed E-state index contributed by atoms with van der Waals surface area (Å²) in [6, 6.07) is 12.0. The highest BCUT2D eigenvalue weighted by molar-refractivity contribution is 7.10. The van der Waals surface area contributed by atoms with E-state index < -0.39 is 0 Å². The van der Waals surface area contributed by atoms with Crippen molar-refractivity contribution in [3.05, 3.63) is 63.5 Å². The second-order valence-corrected chi connectivity index (χ2v) is 9.87. The number of benzene rings is 1. The van der Waals surface area contributed by atoms with E-state index in [1.54, 1.807) is 11.3 Å². The third-order valence-electron chi connectivity index (χ3n) is 6.80. The molecule has 3 heterocycles. The third-order valence-corrected chi connectivity index (χ3v) is 7.78. The van der Waals surface area contributed by atoms with Crippen LogP contribution in [0.15, 0.2) is 41.8 Å². The number of nitrogens with one attached hydrogen (secondary N) is 1. The number of thiophene rings is 1. The number of amides is 2. The average Bonchev–Trinajstić information content (AvgIpc) is 3.46. The molecule has 2 aromatic heterocycles. The van der Waals surface area contributed by atoms with E-state index in [0.29, 0.717) is 23.3 Å². The van der Waals surface area contributed by atoms with Gasteiger partial charge in [-0.2, -0.15) is 0 Å². The lowest BCUT2D eigenvalue weighted by Gasteiger charge is -2.30. The van der Waals surface area contributed by atoms with Crippen molar-refractivity contribution in [1.29, 1.82) is 0 Å². The molecular weight excluding hydrogens is 418 g/mol. The summed E-state index contributed by atoms with van der Waals surface area (Å²) >= 11 is 1.67. The molecule has 0 saturated heterocycles. The molecule has 1 aliphatic heterocycles. The maximum Gasteiger partial charge on any atom is 0.273 e. The Morgan fingerprint density at radius 1 is 1.19 bits per heavy atom. The summed E-state index contributed by atoms with van der Waals surface area (Å²) in [6.07, 6.45) is 7.49. The standard InChI is InChI=1S/C26H29N3O2S/c1-2-9-21(22-14-8-15-32-22)28-25(30)23-18-12-6-7-13-20(18)27-24-19(23)16-29(26(24)31)17-10-4-3-5-11-17/h6-8,12-15,17,21H,2-5,9-11,16H2,1H3,(H,28,30)/t21-/m0/s1. The van der Waals surface area contributed by atoms with E-state index in [9.17, 15) is 9.59 Å². The molecule has 0 unspecified atom stereocenters. The zero-order chi connectivity index (χ0) is 22.1. The van der Waals surface area contributed by atoms with E-state index >= 15 is 0 Å². The number of pyridine rings is 1. The molecule has 1 saturated carbocycles. The average molecular weight is 448 g/mol. The van der Waals surface area contributed by atoms with E-state index in [-0.39, 0.29) is 23.9 Å². The lowest BCUT2D eigenvalue weighted by molar-refractivity contribution is 0.0655. The summed E-state index contributed by atoms with van der Waals surface area (Å²) in [4.78, 5) is 34.9. The van der Waals surface area contributed by atoms with Gasteiger partial charge in [-0.05, 0) is 36.8 Å². The fraction of sp³-hybridized carbons (Fsp3) is 0.423. The summed E-state index contributed by atoms with van der Waals surface area (Å²) < 4.78 is 0. The highest BCUT2D eigenvalue weighted by Gasteiger charge is 2.38. The number of aromatic nitrogens is 1. The molecule has 5 rings (SSSR count). The largest absolute Gasteiger partial charge is 0.344 e. The predicted octanol–water partition coefficient (Wildman–Crippen LogP) is 5.86. The van der Waals surface area contributed by atoms with Gasteiger partial charge in [0.2, 0.25) is 0 Å². The Kier molecular flexibility index (Phi) is 5.96. The van der Waals surface area contributed by atoms with Crippen molar-refractivity contribution in [1.82, 2.24) is 15.2 Å². The van der Waals surface area contributed by atoms with Crippen LogP contribution in [0.1, 0.15) is 89.2 Å². The fourth-order valence-electron chi connectivity index (χ4n) is 5.20. The van der Waals surface area contributed by atoms with Gasteiger partial charge in [0.25, 0.3) is 11.8 Å². The van der Waals surface area contributed by atoms with Crippen molar-refractivity contribution >= 4 is 34.1 Å². The van der Waals surface area contributed by atoms with E-state index in [1.807, 2.05) is 40.6 Å². The molecule has 1 fully saturated rings. The molecule has 0 bridgehead atoms. The summed E-state index contributed by atoms with van der Waals surface area (Å²) in [5, 5.41) is 6.15. The van der Waals surface area contributed by atoms with Gasteiger partial charge in [-0.15, -0.1) is 11.3 Å². The normalized spacial score (nSPS) is 17.5. The van der Waals surface area contributed by atoms with Crippen molar-refractivity contribution in [3.8, 4) is 0 Å². The summed E-state index contributed by atoms with van der Waals surface area (Å²) in [7, 11) is 0. The molecule has 5 nitrogen and oxygen atoms in total. The zero-order valence-electron chi connectivity index (χ0n) is 18.5. The van der Waals surface area contributed by atoms with Crippen LogP contribution in [0.3, 0.4) is 0 Å².